The second kappa shape index (κ2) is 5.60. The lowest BCUT2D eigenvalue weighted by atomic mass is 9.95. The first kappa shape index (κ1) is 16.9. The van der Waals surface area contributed by atoms with E-state index >= 15 is 4.39 Å². The van der Waals surface area contributed by atoms with Gasteiger partial charge in [0.2, 0.25) is 0 Å². The molecule has 1 fully saturated rings. The van der Waals surface area contributed by atoms with Crippen molar-refractivity contribution < 1.29 is 17.7 Å². The van der Waals surface area contributed by atoms with E-state index in [2.05, 4.69) is 5.16 Å². The quantitative estimate of drug-likeness (QED) is 0.517. The van der Waals surface area contributed by atoms with E-state index in [4.69, 9.17) is 10.3 Å². The molecule has 2 N–H and O–H groups in total. The number of hydrogen-bond acceptors (Lipinski definition) is 4. The van der Waals surface area contributed by atoms with E-state index in [9.17, 15) is 13.6 Å². The summed E-state index contributed by atoms with van der Waals surface area (Å²) in [6.45, 7) is 1.58. The van der Waals surface area contributed by atoms with Gasteiger partial charge in [0.05, 0.1) is 11.2 Å². The van der Waals surface area contributed by atoms with Crippen LogP contribution in [0.15, 0.2) is 33.8 Å². The van der Waals surface area contributed by atoms with Crippen molar-refractivity contribution in [3.63, 3.8) is 0 Å². The number of nitrogen functional groups attached to an aromatic ring is 1. The number of nitrogens with two attached hydrogens (primary N) is 1. The Bertz CT molecular complexity index is 1350. The Morgan fingerprint density at radius 2 is 1.86 bits per heavy atom. The summed E-state index contributed by atoms with van der Waals surface area (Å²) in [7, 11) is 0. The molecule has 0 radical (unpaired) electrons. The van der Waals surface area contributed by atoms with E-state index < -0.39 is 17.5 Å². The maximum Gasteiger partial charge on any atom is 0.264 e. The first-order chi connectivity index (χ1) is 13.4. The molecule has 0 unspecified atom stereocenters. The van der Waals surface area contributed by atoms with Gasteiger partial charge < -0.3 is 14.8 Å². The molecule has 0 aliphatic heterocycles. The van der Waals surface area contributed by atoms with Gasteiger partial charge in [-0.25, -0.2) is 13.2 Å². The van der Waals surface area contributed by atoms with Crippen molar-refractivity contribution in [3.05, 3.63) is 57.8 Å². The normalized spacial score (nSPS) is 14.3. The maximum absolute atomic E-state index is 15.1. The third-order valence-corrected chi connectivity index (χ3v) is 5.28. The largest absolute Gasteiger partial charge is 0.396 e. The summed E-state index contributed by atoms with van der Waals surface area (Å²) in [4.78, 5) is 13.0. The van der Waals surface area contributed by atoms with Gasteiger partial charge in [-0.05, 0) is 37.5 Å². The van der Waals surface area contributed by atoms with Gasteiger partial charge in [0.25, 0.3) is 5.56 Å². The molecule has 4 aromatic rings. The van der Waals surface area contributed by atoms with Crippen molar-refractivity contribution in [2.45, 2.75) is 25.8 Å². The van der Waals surface area contributed by atoms with Crippen molar-refractivity contribution in [2.24, 2.45) is 0 Å². The van der Waals surface area contributed by atoms with Crippen LogP contribution in [0.25, 0.3) is 32.9 Å². The van der Waals surface area contributed by atoms with Crippen LogP contribution in [-0.4, -0.2) is 9.72 Å². The second-order valence-electron chi connectivity index (χ2n) is 7.09. The molecule has 8 heteroatoms. The number of rotatable bonds is 2. The number of aromatic nitrogens is 2. The topological polar surface area (TPSA) is 74.1 Å². The molecule has 2 aromatic carbocycles. The Morgan fingerprint density at radius 1 is 1.11 bits per heavy atom. The molecule has 0 saturated heterocycles. The van der Waals surface area contributed by atoms with Crippen molar-refractivity contribution in [3.8, 4) is 11.1 Å². The Hall–Kier alpha value is -3.29. The predicted molar refractivity (Wildman–Crippen MR) is 98.5 cm³/mol. The highest BCUT2D eigenvalue weighted by Crippen LogP contribution is 2.41. The van der Waals surface area contributed by atoms with Crippen LogP contribution < -0.4 is 11.3 Å². The summed E-state index contributed by atoms with van der Waals surface area (Å²) in [5.74, 6) is -2.44. The van der Waals surface area contributed by atoms with Crippen LogP contribution in [0.4, 0.5) is 18.9 Å². The van der Waals surface area contributed by atoms with E-state index in [0.29, 0.717) is 16.5 Å². The number of anilines is 1. The fourth-order valence-electron chi connectivity index (χ4n) is 3.84. The molecule has 0 spiro atoms. The number of hydrogen-bond donors (Lipinski definition) is 1. The first-order valence-electron chi connectivity index (χ1n) is 8.74. The molecular formula is C20H14F3N3O2. The highest BCUT2D eigenvalue weighted by molar-refractivity contribution is 6.05. The summed E-state index contributed by atoms with van der Waals surface area (Å²) < 4.78 is 50.1. The Morgan fingerprint density at radius 3 is 2.57 bits per heavy atom. The summed E-state index contributed by atoms with van der Waals surface area (Å²) in [6.07, 6.45) is 2.86. The van der Waals surface area contributed by atoms with Crippen LogP contribution >= 0.6 is 0 Å². The molecule has 0 bridgehead atoms. The Balaban J connectivity index is 1.96. The molecule has 142 valence electrons. The molecule has 0 amide bonds. The third kappa shape index (κ3) is 2.20. The van der Waals surface area contributed by atoms with E-state index in [-0.39, 0.29) is 39.3 Å². The fraction of sp³-hybridized carbons (Fsp3) is 0.200. The maximum atomic E-state index is 15.1. The highest BCUT2D eigenvalue weighted by atomic mass is 19.1. The summed E-state index contributed by atoms with van der Waals surface area (Å²) in [6, 6.07) is 2.85. The van der Waals surface area contributed by atoms with Crippen LogP contribution in [-0.2, 0) is 0 Å². The monoisotopic (exact) mass is 385 g/mol. The molecular weight excluding hydrogens is 371 g/mol. The van der Waals surface area contributed by atoms with E-state index in [0.717, 1.165) is 25.0 Å². The molecule has 5 nitrogen and oxygen atoms in total. The lowest BCUT2D eigenvalue weighted by molar-refractivity contribution is 0.428. The SMILES string of the molecule is Cc1c(-c2cc(F)c(N)cc2F)c(F)cc2c3nocc3c(=O)n(C3CC3)c12. The average molecular weight is 385 g/mol. The van der Waals surface area contributed by atoms with Gasteiger partial charge in [0.1, 0.15) is 34.6 Å². The zero-order valence-electron chi connectivity index (χ0n) is 14.7. The van der Waals surface area contributed by atoms with Gasteiger partial charge in [-0.15, -0.1) is 0 Å². The number of aryl methyl sites for hydroxylation is 1. The van der Waals surface area contributed by atoms with Gasteiger partial charge in [0, 0.05) is 28.6 Å². The fourth-order valence-corrected chi connectivity index (χ4v) is 3.84. The lowest BCUT2D eigenvalue weighted by Crippen LogP contribution is -2.20. The Kier molecular flexibility index (Phi) is 3.37. The first-order valence-corrected chi connectivity index (χ1v) is 8.74. The van der Waals surface area contributed by atoms with Gasteiger partial charge in [-0.3, -0.25) is 4.79 Å². The van der Waals surface area contributed by atoms with E-state index in [1.165, 1.54) is 12.3 Å². The molecule has 1 aliphatic carbocycles. The van der Waals surface area contributed by atoms with Crippen molar-refractivity contribution in [2.75, 3.05) is 5.73 Å². The van der Waals surface area contributed by atoms with Gasteiger partial charge in [-0.2, -0.15) is 0 Å². The summed E-state index contributed by atoms with van der Waals surface area (Å²) in [5, 5.41) is 4.50. The minimum Gasteiger partial charge on any atom is -0.396 e. The zero-order chi connectivity index (χ0) is 19.7. The minimum absolute atomic E-state index is 0.0284. The second-order valence-corrected chi connectivity index (χ2v) is 7.09. The van der Waals surface area contributed by atoms with Gasteiger partial charge in [0.15, 0.2) is 0 Å². The van der Waals surface area contributed by atoms with Crippen LogP contribution in [0.3, 0.4) is 0 Å². The summed E-state index contributed by atoms with van der Waals surface area (Å²) in [5.41, 5.74) is 5.40. The molecule has 2 aromatic heterocycles. The van der Waals surface area contributed by atoms with Gasteiger partial charge >= 0.3 is 0 Å². The van der Waals surface area contributed by atoms with E-state index in [1.54, 1.807) is 11.5 Å². The molecule has 28 heavy (non-hydrogen) atoms. The lowest BCUT2D eigenvalue weighted by Gasteiger charge is -2.17. The number of nitrogens with zero attached hydrogens (tertiary/aromatic N) is 2. The minimum atomic E-state index is -0.846. The molecule has 0 atom stereocenters. The number of benzene rings is 2. The van der Waals surface area contributed by atoms with Crippen LogP contribution in [0.1, 0.15) is 24.4 Å². The number of fused-ring (bicyclic) bond motifs is 3. The standard InChI is InChI=1S/C20H14F3N3O2/c1-8-17(10-4-14(22)16(24)6-13(10)21)15(23)5-11-18-12(7-28-25-18)20(27)26(19(8)11)9-2-3-9/h4-7,9H,2-3,24H2,1H3. The Labute approximate surface area is 156 Å². The van der Waals surface area contributed by atoms with Crippen LogP contribution in [0.5, 0.6) is 0 Å². The molecule has 1 saturated carbocycles. The van der Waals surface area contributed by atoms with Crippen LogP contribution in [0, 0.1) is 24.4 Å². The highest BCUT2D eigenvalue weighted by Gasteiger charge is 2.30. The molecule has 1 aliphatic rings. The van der Waals surface area contributed by atoms with Crippen LogP contribution in [0.2, 0.25) is 0 Å². The summed E-state index contributed by atoms with van der Waals surface area (Å²) >= 11 is 0. The number of halogens is 3. The van der Waals surface area contributed by atoms with E-state index in [1.807, 2.05) is 0 Å². The molecule has 2 heterocycles. The predicted octanol–water partition coefficient (Wildman–Crippen LogP) is 4.45. The van der Waals surface area contributed by atoms with Gasteiger partial charge in [-0.1, -0.05) is 5.16 Å². The average Bonchev–Trinajstić information content (AvgIpc) is 3.35. The molecule has 5 rings (SSSR count). The smallest absolute Gasteiger partial charge is 0.264 e. The third-order valence-electron chi connectivity index (χ3n) is 5.28. The zero-order valence-corrected chi connectivity index (χ0v) is 14.7. The van der Waals surface area contributed by atoms with Crippen molar-refractivity contribution >= 4 is 27.5 Å². The number of pyridine rings is 1. The van der Waals surface area contributed by atoms with Crippen molar-refractivity contribution in [1.29, 1.82) is 0 Å². The van der Waals surface area contributed by atoms with Crippen molar-refractivity contribution in [1.82, 2.24) is 9.72 Å².